The number of benzene rings is 2. The molecule has 2 aromatic rings. The van der Waals surface area contributed by atoms with E-state index in [9.17, 15) is 22.4 Å². The molecule has 0 spiro atoms. The standard InChI is InChI=1S/C28H29F4NO4/c29-22-13-11-20(12-14-22)27-15-25(36-18-27)23(24(27)5-3-1-2-4-6-26(34)35)16-33-37-17-19-7-9-21(10-8-19)28(30,31)32/h1,3,7-14,16,23-25H,2,4-6,15,17-18H2,(H,34,35)/b3-1-,33-16?/t23-,24-,25-,27-/m0/s1. The molecule has 1 saturated heterocycles. The van der Waals surface area contributed by atoms with Crippen LogP contribution >= 0.6 is 0 Å². The van der Waals surface area contributed by atoms with Gasteiger partial charge in [-0.1, -0.05) is 41.6 Å². The lowest BCUT2D eigenvalue weighted by molar-refractivity contribution is -0.138. The van der Waals surface area contributed by atoms with Crippen molar-refractivity contribution in [2.75, 3.05) is 6.61 Å². The van der Waals surface area contributed by atoms with Gasteiger partial charge in [-0.3, -0.25) is 4.79 Å². The van der Waals surface area contributed by atoms with E-state index in [4.69, 9.17) is 14.7 Å². The number of unbranched alkanes of at least 4 members (excludes halogenated alkanes) is 1. The number of ether oxygens (including phenoxy) is 1. The fraction of sp³-hybridized carbons (Fsp3) is 0.429. The van der Waals surface area contributed by atoms with Crippen LogP contribution in [0.2, 0.25) is 0 Å². The van der Waals surface area contributed by atoms with Gasteiger partial charge in [0.25, 0.3) is 0 Å². The van der Waals surface area contributed by atoms with Crippen LogP contribution in [0.15, 0.2) is 65.8 Å². The van der Waals surface area contributed by atoms with E-state index in [0.717, 1.165) is 24.1 Å². The molecule has 4 rings (SSSR count). The molecule has 5 nitrogen and oxygen atoms in total. The number of hydrogen-bond acceptors (Lipinski definition) is 4. The number of carbonyl (C=O) groups is 1. The van der Waals surface area contributed by atoms with E-state index >= 15 is 0 Å². The van der Waals surface area contributed by atoms with Gasteiger partial charge in [-0.2, -0.15) is 13.2 Å². The second kappa shape index (κ2) is 11.5. The second-order valence-corrected chi connectivity index (χ2v) is 9.62. The van der Waals surface area contributed by atoms with Gasteiger partial charge in [0, 0.05) is 24.0 Å². The zero-order valence-corrected chi connectivity index (χ0v) is 20.2. The normalized spacial score (nSPS) is 25.4. The van der Waals surface area contributed by atoms with Gasteiger partial charge in [0.1, 0.15) is 12.4 Å². The first-order chi connectivity index (χ1) is 17.7. The Kier molecular flexibility index (Phi) is 8.32. The van der Waals surface area contributed by atoms with Crippen molar-refractivity contribution in [1.29, 1.82) is 0 Å². The van der Waals surface area contributed by atoms with E-state index < -0.39 is 17.7 Å². The molecule has 1 N–H and O–H groups in total. The zero-order chi connectivity index (χ0) is 26.5. The molecular formula is C28H29F4NO4. The molecule has 0 aromatic heterocycles. The van der Waals surface area contributed by atoms with Gasteiger partial charge < -0.3 is 14.7 Å². The summed E-state index contributed by atoms with van der Waals surface area (Å²) < 4.78 is 57.9. The number of oxime groups is 1. The summed E-state index contributed by atoms with van der Waals surface area (Å²) >= 11 is 0. The SMILES string of the molecule is O=C(O)CCC/C=C\C[C@H]1[C@H](C=NOCc2ccc(C(F)(F)F)cc2)[C@@H]2C[C@@]1(c1ccc(F)cc1)CO2. The highest BCUT2D eigenvalue weighted by Gasteiger charge is 2.58. The molecule has 1 saturated carbocycles. The maximum absolute atomic E-state index is 13.6. The molecule has 2 fully saturated rings. The number of allylic oxidation sites excluding steroid dienone is 2. The third-order valence-electron chi connectivity index (χ3n) is 7.28. The molecule has 0 radical (unpaired) electrons. The average molecular weight is 520 g/mol. The Morgan fingerprint density at radius 2 is 1.86 bits per heavy atom. The summed E-state index contributed by atoms with van der Waals surface area (Å²) in [4.78, 5) is 16.1. The quantitative estimate of drug-likeness (QED) is 0.121. The van der Waals surface area contributed by atoms with Crippen LogP contribution in [0.5, 0.6) is 0 Å². The van der Waals surface area contributed by atoms with Crippen LogP contribution in [0, 0.1) is 17.7 Å². The van der Waals surface area contributed by atoms with Crippen LogP contribution in [0.4, 0.5) is 17.6 Å². The highest BCUT2D eigenvalue weighted by Crippen LogP contribution is 2.56. The summed E-state index contributed by atoms with van der Waals surface area (Å²) in [6, 6.07) is 11.2. The molecule has 1 aliphatic heterocycles. The largest absolute Gasteiger partial charge is 0.481 e. The van der Waals surface area contributed by atoms with Crippen molar-refractivity contribution in [1.82, 2.24) is 0 Å². The molecule has 0 unspecified atom stereocenters. The Morgan fingerprint density at radius 3 is 2.54 bits per heavy atom. The summed E-state index contributed by atoms with van der Waals surface area (Å²) in [5.41, 5.74) is 0.539. The Balaban J connectivity index is 1.44. The van der Waals surface area contributed by atoms with Gasteiger partial charge in [-0.05, 0) is 67.0 Å². The number of carboxylic acid groups (broad SMARTS) is 1. The number of halogens is 4. The van der Waals surface area contributed by atoms with Crippen molar-refractivity contribution in [3.05, 3.63) is 83.2 Å². The lowest BCUT2D eigenvalue weighted by Crippen LogP contribution is -2.40. The van der Waals surface area contributed by atoms with Gasteiger partial charge in [0.2, 0.25) is 0 Å². The molecule has 1 heterocycles. The fourth-order valence-electron chi connectivity index (χ4n) is 5.39. The van der Waals surface area contributed by atoms with Crippen molar-refractivity contribution in [3.63, 3.8) is 0 Å². The summed E-state index contributed by atoms with van der Waals surface area (Å²) in [7, 11) is 0. The summed E-state index contributed by atoms with van der Waals surface area (Å²) in [6.45, 7) is 0.543. The van der Waals surface area contributed by atoms with E-state index in [1.54, 1.807) is 18.3 Å². The minimum atomic E-state index is -4.39. The summed E-state index contributed by atoms with van der Waals surface area (Å²) in [6.07, 6.45) is 4.09. The van der Waals surface area contributed by atoms with Gasteiger partial charge in [0.15, 0.2) is 0 Å². The number of carboxylic acids is 1. The van der Waals surface area contributed by atoms with Crippen molar-refractivity contribution in [2.45, 2.75) is 56.4 Å². The molecule has 1 aliphatic carbocycles. The molecule has 4 atom stereocenters. The highest BCUT2D eigenvalue weighted by molar-refractivity contribution is 5.66. The number of alkyl halides is 3. The van der Waals surface area contributed by atoms with Crippen molar-refractivity contribution in [2.24, 2.45) is 17.0 Å². The third-order valence-corrected chi connectivity index (χ3v) is 7.28. The molecule has 9 heteroatoms. The lowest BCUT2D eigenvalue weighted by atomic mass is 9.69. The van der Waals surface area contributed by atoms with Gasteiger partial charge >= 0.3 is 12.1 Å². The maximum atomic E-state index is 13.6. The van der Waals surface area contributed by atoms with Gasteiger partial charge in [-0.25, -0.2) is 4.39 Å². The lowest BCUT2D eigenvalue weighted by Gasteiger charge is -2.37. The first-order valence-electron chi connectivity index (χ1n) is 12.2. The summed E-state index contributed by atoms with van der Waals surface area (Å²) in [5.74, 6) is -1.10. The van der Waals surface area contributed by atoms with E-state index in [0.29, 0.717) is 31.4 Å². The van der Waals surface area contributed by atoms with E-state index in [-0.39, 0.29) is 42.2 Å². The number of rotatable bonds is 11. The first kappa shape index (κ1) is 26.9. The number of aliphatic carboxylic acids is 1. The van der Waals surface area contributed by atoms with Crippen LogP contribution in [0.1, 0.15) is 48.8 Å². The van der Waals surface area contributed by atoms with Crippen LogP contribution in [-0.4, -0.2) is 30.0 Å². The predicted octanol–water partition coefficient (Wildman–Crippen LogP) is 6.52. The minimum Gasteiger partial charge on any atom is -0.481 e. The second-order valence-electron chi connectivity index (χ2n) is 9.62. The van der Waals surface area contributed by atoms with Gasteiger partial charge in [-0.15, -0.1) is 0 Å². The molecule has 2 aromatic carbocycles. The van der Waals surface area contributed by atoms with Crippen molar-refractivity contribution < 1.29 is 37.0 Å². The van der Waals surface area contributed by atoms with Gasteiger partial charge in [0.05, 0.1) is 18.3 Å². The average Bonchev–Trinajstić information content (AvgIpc) is 3.42. The Labute approximate surface area is 212 Å². The topological polar surface area (TPSA) is 68.1 Å². The van der Waals surface area contributed by atoms with E-state index in [1.807, 2.05) is 6.08 Å². The predicted molar refractivity (Wildman–Crippen MR) is 129 cm³/mol. The van der Waals surface area contributed by atoms with E-state index in [1.165, 1.54) is 24.3 Å². The highest BCUT2D eigenvalue weighted by atomic mass is 19.4. The molecule has 37 heavy (non-hydrogen) atoms. The van der Waals surface area contributed by atoms with Crippen molar-refractivity contribution >= 4 is 12.2 Å². The monoisotopic (exact) mass is 519 g/mol. The molecule has 198 valence electrons. The Morgan fingerprint density at radius 1 is 1.14 bits per heavy atom. The smallest absolute Gasteiger partial charge is 0.416 e. The third kappa shape index (κ3) is 6.39. The molecule has 0 amide bonds. The first-order valence-corrected chi connectivity index (χ1v) is 12.2. The molecule has 2 bridgehead atoms. The number of fused-ring (bicyclic) bond motifs is 2. The number of hydrogen-bond donors (Lipinski definition) is 1. The van der Waals surface area contributed by atoms with E-state index in [2.05, 4.69) is 11.2 Å². The zero-order valence-electron chi connectivity index (χ0n) is 20.2. The van der Waals surface area contributed by atoms with Crippen LogP contribution < -0.4 is 0 Å². The number of nitrogens with zero attached hydrogens (tertiary/aromatic N) is 1. The minimum absolute atomic E-state index is 0.0319. The molecular weight excluding hydrogens is 490 g/mol. The molecule has 2 aliphatic rings. The summed E-state index contributed by atoms with van der Waals surface area (Å²) in [5, 5.41) is 12.9. The van der Waals surface area contributed by atoms with Crippen LogP contribution in [0.3, 0.4) is 0 Å². The maximum Gasteiger partial charge on any atom is 0.416 e. The van der Waals surface area contributed by atoms with Crippen LogP contribution in [0.25, 0.3) is 0 Å². The Hall–Kier alpha value is -3.20. The Bertz CT molecular complexity index is 1110. The van der Waals surface area contributed by atoms with Crippen molar-refractivity contribution in [3.8, 4) is 0 Å². The fourth-order valence-corrected chi connectivity index (χ4v) is 5.39. The van der Waals surface area contributed by atoms with Crippen LogP contribution in [-0.2, 0) is 32.6 Å².